The van der Waals surface area contributed by atoms with Crippen LogP contribution in [0.25, 0.3) is 0 Å². The Hall–Kier alpha value is -3.86. The SMILES string of the molecule is CNCc1cc(=O)[nH]c(NCc2ccc3c(c2)C(=O)N(C2CCC(=O)NC2=O)C3=O)n1. The molecule has 2 aliphatic heterocycles. The number of imide groups is 2. The summed E-state index contributed by atoms with van der Waals surface area (Å²) in [5.74, 6) is -1.91. The monoisotopic (exact) mass is 424 g/mol. The van der Waals surface area contributed by atoms with Crippen LogP contribution < -0.4 is 21.5 Å². The lowest BCUT2D eigenvalue weighted by atomic mass is 10.0. The van der Waals surface area contributed by atoms with Gasteiger partial charge >= 0.3 is 0 Å². The highest BCUT2D eigenvalue weighted by molar-refractivity contribution is 6.23. The predicted molar refractivity (Wildman–Crippen MR) is 108 cm³/mol. The summed E-state index contributed by atoms with van der Waals surface area (Å²) in [4.78, 5) is 68.7. The molecule has 4 rings (SSSR count). The molecule has 2 aliphatic rings. The van der Waals surface area contributed by atoms with Gasteiger partial charge in [-0.05, 0) is 31.2 Å². The van der Waals surface area contributed by atoms with Crippen molar-refractivity contribution in [2.75, 3.05) is 12.4 Å². The molecule has 4 amide bonds. The van der Waals surface area contributed by atoms with Gasteiger partial charge in [-0.2, -0.15) is 0 Å². The van der Waals surface area contributed by atoms with Gasteiger partial charge in [0.05, 0.1) is 16.8 Å². The predicted octanol–water partition coefficient (Wildman–Crippen LogP) is -0.497. The maximum atomic E-state index is 12.9. The number of benzene rings is 1. The Labute approximate surface area is 176 Å². The molecule has 11 heteroatoms. The van der Waals surface area contributed by atoms with E-state index < -0.39 is 29.7 Å². The van der Waals surface area contributed by atoms with Gasteiger partial charge in [-0.3, -0.25) is 39.2 Å². The van der Waals surface area contributed by atoms with Gasteiger partial charge in [0.1, 0.15) is 6.04 Å². The van der Waals surface area contributed by atoms with Crippen LogP contribution in [-0.4, -0.2) is 51.6 Å². The average Bonchev–Trinajstić information content (AvgIpc) is 2.97. The third-order valence-electron chi connectivity index (χ3n) is 5.12. The first kappa shape index (κ1) is 20.4. The Morgan fingerprint density at radius 2 is 1.84 bits per heavy atom. The number of H-pyrrole nitrogens is 1. The van der Waals surface area contributed by atoms with Crippen LogP contribution in [0.2, 0.25) is 0 Å². The highest BCUT2D eigenvalue weighted by Gasteiger charge is 2.44. The fourth-order valence-electron chi connectivity index (χ4n) is 3.68. The molecule has 1 atom stereocenters. The number of nitrogens with zero attached hydrogens (tertiary/aromatic N) is 2. The summed E-state index contributed by atoms with van der Waals surface area (Å²) in [6, 6.07) is 5.18. The standard InChI is InChI=1S/C20H20N6O5/c1-21-9-11-7-16(28)25-20(23-11)22-8-10-2-3-12-13(6-10)19(31)26(18(12)30)14-4-5-15(27)24-17(14)29/h2-3,6-7,14,21H,4-5,8-9H2,1H3,(H,24,27,29)(H2,22,23,25,28). The van der Waals surface area contributed by atoms with Crippen molar-refractivity contribution in [1.29, 1.82) is 0 Å². The van der Waals surface area contributed by atoms with Crippen LogP contribution in [0.15, 0.2) is 29.1 Å². The van der Waals surface area contributed by atoms with Crippen LogP contribution >= 0.6 is 0 Å². The number of nitrogens with one attached hydrogen (secondary N) is 4. The van der Waals surface area contributed by atoms with Gasteiger partial charge in [-0.15, -0.1) is 0 Å². The number of aromatic amines is 1. The molecular formula is C20H20N6O5. The number of amides is 4. The maximum absolute atomic E-state index is 12.9. The number of fused-ring (bicyclic) bond motifs is 1. The average molecular weight is 424 g/mol. The molecule has 1 saturated heterocycles. The normalized spacial score (nSPS) is 18.2. The molecule has 0 radical (unpaired) electrons. The number of anilines is 1. The zero-order chi connectivity index (χ0) is 22.1. The van der Waals surface area contributed by atoms with Crippen molar-refractivity contribution < 1.29 is 19.2 Å². The quantitative estimate of drug-likeness (QED) is 0.453. The summed E-state index contributed by atoms with van der Waals surface area (Å²) in [7, 11) is 1.75. The lowest BCUT2D eigenvalue weighted by molar-refractivity contribution is -0.136. The molecule has 1 fully saturated rings. The van der Waals surface area contributed by atoms with Crippen molar-refractivity contribution in [3.63, 3.8) is 0 Å². The van der Waals surface area contributed by atoms with Crippen molar-refractivity contribution >= 4 is 29.6 Å². The van der Waals surface area contributed by atoms with Crippen LogP contribution in [0, 0.1) is 0 Å². The molecule has 0 spiro atoms. The summed E-state index contributed by atoms with van der Waals surface area (Å²) in [6.45, 7) is 0.684. The summed E-state index contributed by atoms with van der Waals surface area (Å²) in [5, 5.41) is 8.09. The van der Waals surface area contributed by atoms with Gasteiger partial charge in [0, 0.05) is 25.6 Å². The van der Waals surface area contributed by atoms with Crippen LogP contribution in [0.4, 0.5) is 5.95 Å². The Bertz CT molecular complexity index is 1160. The smallest absolute Gasteiger partial charge is 0.262 e. The maximum Gasteiger partial charge on any atom is 0.262 e. The Morgan fingerprint density at radius 1 is 1.06 bits per heavy atom. The number of hydrogen-bond acceptors (Lipinski definition) is 8. The topological polar surface area (TPSA) is 153 Å². The molecule has 160 valence electrons. The van der Waals surface area contributed by atoms with E-state index in [1.54, 1.807) is 19.2 Å². The molecule has 1 aromatic carbocycles. The number of carbonyl (C=O) groups is 4. The van der Waals surface area contributed by atoms with E-state index in [1.807, 2.05) is 0 Å². The minimum atomic E-state index is -1.00. The lowest BCUT2D eigenvalue weighted by Gasteiger charge is -2.27. The Morgan fingerprint density at radius 3 is 2.58 bits per heavy atom. The summed E-state index contributed by atoms with van der Waals surface area (Å²) < 4.78 is 0. The van der Waals surface area contributed by atoms with Gasteiger partial charge in [0.2, 0.25) is 17.8 Å². The van der Waals surface area contributed by atoms with Gasteiger partial charge in [0.25, 0.3) is 17.4 Å². The Balaban J connectivity index is 1.52. The zero-order valence-electron chi connectivity index (χ0n) is 16.7. The van der Waals surface area contributed by atoms with E-state index >= 15 is 0 Å². The van der Waals surface area contributed by atoms with Crippen LogP contribution in [-0.2, 0) is 22.7 Å². The third kappa shape index (κ3) is 3.94. The highest BCUT2D eigenvalue weighted by Crippen LogP contribution is 2.28. The highest BCUT2D eigenvalue weighted by atomic mass is 16.2. The van der Waals surface area contributed by atoms with Crippen molar-refractivity contribution in [2.45, 2.75) is 32.0 Å². The number of aromatic nitrogens is 2. The first-order valence-corrected chi connectivity index (χ1v) is 9.70. The second-order valence-corrected chi connectivity index (χ2v) is 7.30. The van der Waals surface area contributed by atoms with Crippen LogP contribution in [0.3, 0.4) is 0 Å². The fourth-order valence-corrected chi connectivity index (χ4v) is 3.68. The number of rotatable bonds is 6. The summed E-state index contributed by atoms with van der Waals surface area (Å²) in [5.41, 5.74) is 1.37. The van der Waals surface area contributed by atoms with Gasteiger partial charge in [-0.25, -0.2) is 4.98 Å². The van der Waals surface area contributed by atoms with Crippen molar-refractivity contribution in [1.82, 2.24) is 25.5 Å². The molecule has 31 heavy (non-hydrogen) atoms. The lowest BCUT2D eigenvalue weighted by Crippen LogP contribution is -2.54. The molecule has 2 aromatic rings. The number of piperidine rings is 1. The first-order chi connectivity index (χ1) is 14.9. The number of carbonyl (C=O) groups excluding carboxylic acids is 4. The molecule has 3 heterocycles. The van der Waals surface area contributed by atoms with E-state index in [4.69, 9.17) is 0 Å². The summed E-state index contributed by atoms with van der Waals surface area (Å²) in [6.07, 6.45) is 0.170. The second kappa shape index (κ2) is 8.11. The van der Waals surface area contributed by atoms with Gasteiger partial charge in [0.15, 0.2) is 0 Å². The van der Waals surface area contributed by atoms with E-state index in [1.165, 1.54) is 12.1 Å². The molecule has 4 N–H and O–H groups in total. The van der Waals surface area contributed by atoms with Gasteiger partial charge in [-0.1, -0.05) is 6.07 Å². The number of hydrogen-bond donors (Lipinski definition) is 4. The molecule has 0 aliphatic carbocycles. The van der Waals surface area contributed by atoms with E-state index in [9.17, 15) is 24.0 Å². The third-order valence-corrected chi connectivity index (χ3v) is 5.12. The van der Waals surface area contributed by atoms with Crippen molar-refractivity contribution in [2.24, 2.45) is 0 Å². The van der Waals surface area contributed by atoms with Crippen molar-refractivity contribution in [3.8, 4) is 0 Å². The van der Waals surface area contributed by atoms with E-state index in [0.29, 0.717) is 17.8 Å². The first-order valence-electron chi connectivity index (χ1n) is 9.70. The van der Waals surface area contributed by atoms with E-state index in [-0.39, 0.29) is 42.0 Å². The van der Waals surface area contributed by atoms with Crippen molar-refractivity contribution in [3.05, 3.63) is 57.0 Å². The van der Waals surface area contributed by atoms with Crippen LogP contribution in [0.1, 0.15) is 44.8 Å². The largest absolute Gasteiger partial charge is 0.352 e. The minimum absolute atomic E-state index is 0.0663. The summed E-state index contributed by atoms with van der Waals surface area (Å²) >= 11 is 0. The molecule has 0 saturated carbocycles. The molecule has 11 nitrogen and oxygen atoms in total. The van der Waals surface area contributed by atoms with Gasteiger partial charge < -0.3 is 10.6 Å². The molecule has 1 aromatic heterocycles. The van der Waals surface area contributed by atoms with E-state index in [0.717, 1.165) is 4.90 Å². The van der Waals surface area contributed by atoms with E-state index in [2.05, 4.69) is 25.9 Å². The van der Waals surface area contributed by atoms with Crippen LogP contribution in [0.5, 0.6) is 0 Å². The minimum Gasteiger partial charge on any atom is -0.352 e. The molecule has 1 unspecified atom stereocenters. The molecule has 0 bridgehead atoms. The zero-order valence-corrected chi connectivity index (χ0v) is 16.7. The Kier molecular flexibility index (Phi) is 5.34. The molecular weight excluding hydrogens is 404 g/mol. The fraction of sp³-hybridized carbons (Fsp3) is 0.300. The second-order valence-electron chi connectivity index (χ2n) is 7.30.